The molecule has 0 radical (unpaired) electrons. The molecule has 6 heteroatoms. The molecule has 2 heterocycles. The largest absolute Gasteiger partial charge is 0.444 e. The standard InChI is InChI=1S/C15H23N3O3/c1-15(2,3)21-14(20)17-13-5-4-11(10-16-13)18-8-6-12(19)7-9-18/h4-5,10,12,19H,6-9H2,1-3H3,(H,16,17,20). The molecule has 0 aliphatic carbocycles. The highest BCUT2D eigenvalue weighted by Crippen LogP contribution is 2.20. The van der Waals surface area contributed by atoms with Gasteiger partial charge in [-0.1, -0.05) is 0 Å². The quantitative estimate of drug-likeness (QED) is 0.875. The molecule has 2 N–H and O–H groups in total. The number of pyridine rings is 1. The van der Waals surface area contributed by atoms with Gasteiger partial charge in [0.1, 0.15) is 11.4 Å². The van der Waals surface area contributed by atoms with Gasteiger partial charge in [0, 0.05) is 13.1 Å². The van der Waals surface area contributed by atoms with E-state index >= 15 is 0 Å². The predicted molar refractivity (Wildman–Crippen MR) is 81.5 cm³/mol. The molecule has 0 saturated carbocycles. The van der Waals surface area contributed by atoms with Gasteiger partial charge in [-0.25, -0.2) is 9.78 Å². The van der Waals surface area contributed by atoms with Gasteiger partial charge in [0.2, 0.25) is 0 Å². The van der Waals surface area contributed by atoms with Crippen LogP contribution in [0.15, 0.2) is 18.3 Å². The summed E-state index contributed by atoms with van der Waals surface area (Å²) in [5.74, 6) is 0.463. The molecule has 6 nitrogen and oxygen atoms in total. The van der Waals surface area contributed by atoms with E-state index in [1.54, 1.807) is 12.3 Å². The Kier molecular flexibility index (Phi) is 4.67. The third-order valence-corrected chi connectivity index (χ3v) is 3.21. The molecule has 1 aliphatic rings. The third-order valence-electron chi connectivity index (χ3n) is 3.21. The molecule has 2 rings (SSSR count). The number of carbonyl (C=O) groups excluding carboxylic acids is 1. The number of nitrogens with one attached hydrogen (secondary N) is 1. The molecule has 1 amide bonds. The molecule has 1 fully saturated rings. The summed E-state index contributed by atoms with van der Waals surface area (Å²) < 4.78 is 5.17. The zero-order valence-corrected chi connectivity index (χ0v) is 12.8. The SMILES string of the molecule is CC(C)(C)OC(=O)Nc1ccc(N2CCC(O)CC2)cn1. The number of ether oxygens (including phenoxy) is 1. The smallest absolute Gasteiger partial charge is 0.413 e. The first-order chi connectivity index (χ1) is 9.83. The predicted octanol–water partition coefficient (Wildman–Crippen LogP) is 2.39. The number of aliphatic hydroxyl groups is 1. The minimum absolute atomic E-state index is 0.192. The lowest BCUT2D eigenvalue weighted by atomic mass is 10.1. The molecular formula is C15H23N3O3. The van der Waals surface area contributed by atoms with E-state index in [1.807, 2.05) is 26.8 Å². The van der Waals surface area contributed by atoms with E-state index < -0.39 is 11.7 Å². The lowest BCUT2D eigenvalue weighted by molar-refractivity contribution is 0.0635. The summed E-state index contributed by atoms with van der Waals surface area (Å²) in [6.45, 7) is 7.08. The second-order valence-corrected chi connectivity index (χ2v) is 6.25. The lowest BCUT2D eigenvalue weighted by Gasteiger charge is -2.31. The van der Waals surface area contributed by atoms with Crippen LogP contribution in [0.5, 0.6) is 0 Å². The van der Waals surface area contributed by atoms with Gasteiger partial charge >= 0.3 is 6.09 Å². The maximum Gasteiger partial charge on any atom is 0.413 e. The van der Waals surface area contributed by atoms with E-state index in [0.717, 1.165) is 31.6 Å². The molecule has 1 aliphatic heterocycles. The van der Waals surface area contributed by atoms with Crippen LogP contribution >= 0.6 is 0 Å². The van der Waals surface area contributed by atoms with Gasteiger partial charge in [0.15, 0.2) is 0 Å². The van der Waals surface area contributed by atoms with Gasteiger partial charge in [-0.2, -0.15) is 0 Å². The molecule has 0 unspecified atom stereocenters. The van der Waals surface area contributed by atoms with Crippen molar-refractivity contribution in [2.75, 3.05) is 23.3 Å². The molecule has 21 heavy (non-hydrogen) atoms. The molecule has 1 saturated heterocycles. The Labute approximate surface area is 125 Å². The zero-order valence-electron chi connectivity index (χ0n) is 12.8. The summed E-state index contributed by atoms with van der Waals surface area (Å²) in [6.07, 6.45) is 2.58. The van der Waals surface area contributed by atoms with Crippen LogP contribution in [0.3, 0.4) is 0 Å². The molecule has 0 atom stereocenters. The van der Waals surface area contributed by atoms with Gasteiger partial charge in [-0.05, 0) is 45.7 Å². The van der Waals surface area contributed by atoms with Crippen LogP contribution in [-0.4, -0.2) is 41.0 Å². The number of anilines is 2. The number of aromatic nitrogens is 1. The summed E-state index contributed by atoms with van der Waals surface area (Å²) in [4.78, 5) is 18.0. The van der Waals surface area contributed by atoms with Crippen molar-refractivity contribution in [1.82, 2.24) is 4.98 Å². The van der Waals surface area contributed by atoms with Gasteiger partial charge < -0.3 is 14.7 Å². The van der Waals surface area contributed by atoms with Crippen LogP contribution in [0.2, 0.25) is 0 Å². The summed E-state index contributed by atoms with van der Waals surface area (Å²) >= 11 is 0. The fraction of sp³-hybridized carbons (Fsp3) is 0.600. The molecule has 1 aromatic heterocycles. The minimum Gasteiger partial charge on any atom is -0.444 e. The Bertz CT molecular complexity index is 474. The Balaban J connectivity index is 1.91. The van der Waals surface area contributed by atoms with Crippen molar-refractivity contribution in [2.24, 2.45) is 0 Å². The van der Waals surface area contributed by atoms with Crippen molar-refractivity contribution >= 4 is 17.6 Å². The van der Waals surface area contributed by atoms with Crippen molar-refractivity contribution < 1.29 is 14.6 Å². The molecule has 1 aromatic rings. The zero-order chi connectivity index (χ0) is 15.5. The van der Waals surface area contributed by atoms with Crippen LogP contribution in [0, 0.1) is 0 Å². The summed E-state index contributed by atoms with van der Waals surface area (Å²) in [6, 6.07) is 3.67. The van der Waals surface area contributed by atoms with E-state index in [-0.39, 0.29) is 6.10 Å². The second kappa shape index (κ2) is 6.30. The van der Waals surface area contributed by atoms with E-state index in [2.05, 4.69) is 15.2 Å². The maximum atomic E-state index is 11.6. The van der Waals surface area contributed by atoms with Gasteiger partial charge in [-0.3, -0.25) is 5.32 Å². The monoisotopic (exact) mass is 293 g/mol. The van der Waals surface area contributed by atoms with Gasteiger partial charge in [0.25, 0.3) is 0 Å². The number of rotatable bonds is 2. The fourth-order valence-corrected chi connectivity index (χ4v) is 2.18. The van der Waals surface area contributed by atoms with Crippen LogP contribution < -0.4 is 10.2 Å². The second-order valence-electron chi connectivity index (χ2n) is 6.25. The number of aliphatic hydroxyl groups excluding tert-OH is 1. The Morgan fingerprint density at radius 1 is 1.38 bits per heavy atom. The fourth-order valence-electron chi connectivity index (χ4n) is 2.18. The van der Waals surface area contributed by atoms with Gasteiger partial charge in [-0.15, -0.1) is 0 Å². The molecule has 116 valence electrons. The highest BCUT2D eigenvalue weighted by molar-refractivity contribution is 5.83. The molecule has 0 bridgehead atoms. The lowest BCUT2D eigenvalue weighted by Crippen LogP contribution is -2.35. The van der Waals surface area contributed by atoms with Crippen molar-refractivity contribution in [3.05, 3.63) is 18.3 Å². The number of hydrogen-bond acceptors (Lipinski definition) is 5. The summed E-state index contributed by atoms with van der Waals surface area (Å²) in [7, 11) is 0. The third kappa shape index (κ3) is 4.90. The molecule has 0 spiro atoms. The van der Waals surface area contributed by atoms with Crippen LogP contribution in [0.25, 0.3) is 0 Å². The number of nitrogens with zero attached hydrogens (tertiary/aromatic N) is 2. The maximum absolute atomic E-state index is 11.6. The van der Waals surface area contributed by atoms with Crippen LogP contribution in [0.1, 0.15) is 33.6 Å². The summed E-state index contributed by atoms with van der Waals surface area (Å²) in [5, 5.41) is 12.1. The highest BCUT2D eigenvalue weighted by atomic mass is 16.6. The average Bonchev–Trinajstić information content (AvgIpc) is 2.38. The van der Waals surface area contributed by atoms with E-state index in [9.17, 15) is 9.90 Å². The minimum atomic E-state index is -0.529. The molecular weight excluding hydrogens is 270 g/mol. The number of piperidine rings is 1. The number of hydrogen-bond donors (Lipinski definition) is 2. The van der Waals surface area contributed by atoms with Crippen LogP contribution in [-0.2, 0) is 4.74 Å². The first-order valence-corrected chi connectivity index (χ1v) is 7.22. The summed E-state index contributed by atoms with van der Waals surface area (Å²) in [5.41, 5.74) is 0.468. The van der Waals surface area contributed by atoms with Crippen molar-refractivity contribution in [3.8, 4) is 0 Å². The first kappa shape index (κ1) is 15.6. The highest BCUT2D eigenvalue weighted by Gasteiger charge is 2.18. The first-order valence-electron chi connectivity index (χ1n) is 7.22. The van der Waals surface area contributed by atoms with Crippen molar-refractivity contribution in [2.45, 2.75) is 45.3 Å². The van der Waals surface area contributed by atoms with E-state index in [0.29, 0.717) is 5.82 Å². The van der Waals surface area contributed by atoms with Gasteiger partial charge in [0.05, 0.1) is 18.0 Å². The topological polar surface area (TPSA) is 74.7 Å². The Morgan fingerprint density at radius 2 is 2.05 bits per heavy atom. The van der Waals surface area contributed by atoms with E-state index in [1.165, 1.54) is 0 Å². The Morgan fingerprint density at radius 3 is 2.57 bits per heavy atom. The number of amides is 1. The van der Waals surface area contributed by atoms with E-state index in [4.69, 9.17) is 4.74 Å². The normalized spacial score (nSPS) is 16.7. The number of carbonyl (C=O) groups is 1. The van der Waals surface area contributed by atoms with Crippen molar-refractivity contribution in [3.63, 3.8) is 0 Å². The van der Waals surface area contributed by atoms with Crippen LogP contribution in [0.4, 0.5) is 16.3 Å². The molecule has 0 aromatic carbocycles. The average molecular weight is 293 g/mol. The Hall–Kier alpha value is -1.82. The van der Waals surface area contributed by atoms with Crippen molar-refractivity contribution in [1.29, 1.82) is 0 Å².